The molecule has 0 fully saturated rings. The average Bonchev–Trinajstić information content (AvgIpc) is 3.26. The van der Waals surface area contributed by atoms with Crippen LogP contribution in [0.25, 0.3) is 0 Å². The van der Waals surface area contributed by atoms with Crippen molar-refractivity contribution in [2.24, 2.45) is 0 Å². The molecule has 0 rings (SSSR count). The van der Waals surface area contributed by atoms with Crippen molar-refractivity contribution in [1.29, 1.82) is 0 Å². The number of ether oxygens (including phenoxy) is 1. The number of hydrogen-bond acceptors (Lipinski definition) is 6. The molecule has 0 bridgehead atoms. The largest absolute Gasteiger partial charge is 0.472 e. The molecular formula is C55H104N2O7P+. The van der Waals surface area contributed by atoms with E-state index in [1.54, 1.807) is 0 Å². The van der Waals surface area contributed by atoms with Crippen LogP contribution >= 0.6 is 7.82 Å². The van der Waals surface area contributed by atoms with Crippen molar-refractivity contribution in [3.63, 3.8) is 0 Å². The number of nitrogens with one attached hydrogen (secondary N) is 1. The van der Waals surface area contributed by atoms with Gasteiger partial charge in [-0.05, 0) is 51.0 Å². The summed E-state index contributed by atoms with van der Waals surface area (Å²) in [6, 6.07) is -0.852. The number of phosphoric acid groups is 1. The number of allylic oxidation sites excluding steroid dienone is 7. The molecule has 65 heavy (non-hydrogen) atoms. The van der Waals surface area contributed by atoms with Crippen molar-refractivity contribution in [2.45, 2.75) is 251 Å². The van der Waals surface area contributed by atoms with Crippen molar-refractivity contribution in [2.75, 3.05) is 40.9 Å². The minimum atomic E-state index is -4.44. The summed E-state index contributed by atoms with van der Waals surface area (Å²) in [5.74, 6) is -0.525. The number of amides is 1. The quantitative estimate of drug-likeness (QED) is 0.0156. The van der Waals surface area contributed by atoms with Crippen LogP contribution in [-0.2, 0) is 27.9 Å². The van der Waals surface area contributed by atoms with Crippen molar-refractivity contribution in [3.8, 4) is 0 Å². The Bertz CT molecular complexity index is 1260. The van der Waals surface area contributed by atoms with Crippen LogP contribution in [0.4, 0.5) is 0 Å². The zero-order valence-corrected chi connectivity index (χ0v) is 44.1. The highest BCUT2D eigenvalue weighted by molar-refractivity contribution is 7.47. The molecule has 0 aromatic rings. The number of esters is 1. The Hall–Kier alpha value is -2.03. The molecule has 3 atom stereocenters. The fraction of sp³-hybridized carbons (Fsp3) is 0.818. The summed E-state index contributed by atoms with van der Waals surface area (Å²) >= 11 is 0. The number of nitrogens with zero attached hydrogens (tertiary/aromatic N) is 1. The van der Waals surface area contributed by atoms with Gasteiger partial charge in [0.1, 0.15) is 19.3 Å². The zero-order chi connectivity index (χ0) is 48.0. The van der Waals surface area contributed by atoms with Gasteiger partial charge in [0.25, 0.3) is 0 Å². The van der Waals surface area contributed by atoms with Gasteiger partial charge >= 0.3 is 13.8 Å². The average molecular weight is 936 g/mol. The number of unbranched alkanes of at least 4 members (excludes halogenated alkanes) is 28. The molecule has 3 unspecified atom stereocenters. The summed E-state index contributed by atoms with van der Waals surface area (Å²) in [4.78, 5) is 37.4. The fourth-order valence-corrected chi connectivity index (χ4v) is 8.38. The summed E-state index contributed by atoms with van der Waals surface area (Å²) in [5.41, 5.74) is 0. The van der Waals surface area contributed by atoms with Crippen molar-refractivity contribution < 1.29 is 37.3 Å². The molecule has 0 aliphatic carbocycles. The van der Waals surface area contributed by atoms with E-state index in [9.17, 15) is 19.0 Å². The number of carbonyl (C=O) groups is 2. The minimum Gasteiger partial charge on any atom is -0.456 e. The maximum absolute atomic E-state index is 13.4. The molecule has 9 nitrogen and oxygen atoms in total. The Balaban J connectivity index is 5.42. The van der Waals surface area contributed by atoms with Crippen LogP contribution < -0.4 is 5.32 Å². The van der Waals surface area contributed by atoms with Gasteiger partial charge in [-0.15, -0.1) is 0 Å². The Kier molecular flexibility index (Phi) is 44.3. The van der Waals surface area contributed by atoms with E-state index < -0.39 is 20.0 Å². The molecule has 0 heterocycles. The SMILES string of the molecule is CC/C=C/C=C/C=C\CCCCCCCC(=O)OC(/C=C/CCCCCCCCCCCC)C(COP(=O)(O)OCC[N+](C)(C)C)NC(=O)CCCCCCCCCCCCCCCC. The maximum atomic E-state index is 13.4. The Labute approximate surface area is 401 Å². The number of carbonyl (C=O) groups excluding carboxylic acids is 2. The van der Waals surface area contributed by atoms with Crippen LogP contribution in [0.1, 0.15) is 239 Å². The topological polar surface area (TPSA) is 111 Å². The van der Waals surface area contributed by atoms with Gasteiger partial charge in [0.15, 0.2) is 0 Å². The highest BCUT2D eigenvalue weighted by Gasteiger charge is 2.30. The van der Waals surface area contributed by atoms with E-state index in [0.29, 0.717) is 17.4 Å². The zero-order valence-electron chi connectivity index (χ0n) is 43.2. The van der Waals surface area contributed by atoms with Gasteiger partial charge in [0.05, 0.1) is 33.8 Å². The van der Waals surface area contributed by atoms with Crippen LogP contribution in [0, 0.1) is 0 Å². The monoisotopic (exact) mass is 936 g/mol. The number of hydrogen-bond donors (Lipinski definition) is 2. The van der Waals surface area contributed by atoms with E-state index in [2.05, 4.69) is 62.5 Å². The van der Waals surface area contributed by atoms with Crippen LogP contribution in [-0.4, -0.2) is 74.3 Å². The molecule has 0 aromatic carbocycles. The van der Waals surface area contributed by atoms with E-state index in [1.807, 2.05) is 33.3 Å². The lowest BCUT2D eigenvalue weighted by molar-refractivity contribution is -0.870. The van der Waals surface area contributed by atoms with Gasteiger partial charge in [-0.2, -0.15) is 0 Å². The van der Waals surface area contributed by atoms with Gasteiger partial charge in [-0.25, -0.2) is 4.57 Å². The first-order valence-corrected chi connectivity index (χ1v) is 28.5. The normalized spacial score (nSPS) is 14.3. The van der Waals surface area contributed by atoms with E-state index in [-0.39, 0.29) is 31.5 Å². The van der Waals surface area contributed by atoms with Crippen LogP contribution in [0.2, 0.25) is 0 Å². The van der Waals surface area contributed by atoms with Crippen molar-refractivity contribution >= 4 is 19.7 Å². The van der Waals surface area contributed by atoms with Crippen LogP contribution in [0.15, 0.2) is 48.6 Å². The molecule has 0 radical (unpaired) electrons. The molecular weight excluding hydrogens is 832 g/mol. The summed E-state index contributed by atoms with van der Waals surface area (Å²) in [7, 11) is 1.48. The van der Waals surface area contributed by atoms with E-state index in [0.717, 1.165) is 83.5 Å². The molecule has 0 aliphatic rings. The van der Waals surface area contributed by atoms with Crippen LogP contribution in [0.3, 0.4) is 0 Å². The van der Waals surface area contributed by atoms with Gasteiger partial charge < -0.3 is 19.4 Å². The smallest absolute Gasteiger partial charge is 0.456 e. The predicted octanol–water partition coefficient (Wildman–Crippen LogP) is 15.8. The summed E-state index contributed by atoms with van der Waals surface area (Å²) < 4.78 is 30.5. The molecule has 0 spiro atoms. The van der Waals surface area contributed by atoms with Crippen LogP contribution in [0.5, 0.6) is 0 Å². The lowest BCUT2D eigenvalue weighted by Gasteiger charge is -2.27. The number of phosphoric ester groups is 1. The lowest BCUT2D eigenvalue weighted by atomic mass is 10.0. The summed E-state index contributed by atoms with van der Waals surface area (Å²) in [6.07, 6.45) is 53.8. The molecule has 2 N–H and O–H groups in total. The van der Waals surface area contributed by atoms with E-state index in [1.165, 1.54) is 122 Å². The van der Waals surface area contributed by atoms with Gasteiger partial charge in [0, 0.05) is 12.8 Å². The van der Waals surface area contributed by atoms with Gasteiger partial charge in [-0.3, -0.25) is 18.6 Å². The van der Waals surface area contributed by atoms with E-state index >= 15 is 0 Å². The first-order chi connectivity index (χ1) is 31.4. The third-order valence-corrected chi connectivity index (χ3v) is 12.8. The molecule has 0 saturated carbocycles. The molecule has 0 aromatic heterocycles. The summed E-state index contributed by atoms with van der Waals surface area (Å²) in [6.45, 7) is 6.86. The highest BCUT2D eigenvalue weighted by atomic mass is 31.2. The second kappa shape index (κ2) is 45.7. The molecule has 1 amide bonds. The molecule has 380 valence electrons. The second-order valence-corrected chi connectivity index (χ2v) is 20.9. The van der Waals surface area contributed by atoms with Crippen molar-refractivity contribution in [1.82, 2.24) is 5.32 Å². The molecule has 10 heteroatoms. The number of likely N-dealkylation sites (N-methyl/N-ethyl adjacent to an activating group) is 1. The second-order valence-electron chi connectivity index (χ2n) is 19.4. The molecule has 0 aliphatic heterocycles. The number of quaternary nitrogens is 1. The first-order valence-electron chi connectivity index (χ1n) is 27.0. The highest BCUT2D eigenvalue weighted by Crippen LogP contribution is 2.43. The minimum absolute atomic E-state index is 0.0373. The maximum Gasteiger partial charge on any atom is 0.472 e. The Morgan fingerprint density at radius 2 is 0.985 bits per heavy atom. The van der Waals surface area contributed by atoms with Gasteiger partial charge in [-0.1, -0.05) is 224 Å². The third-order valence-electron chi connectivity index (χ3n) is 11.8. The Morgan fingerprint density at radius 1 is 0.554 bits per heavy atom. The lowest BCUT2D eigenvalue weighted by Crippen LogP contribution is -2.47. The predicted molar refractivity (Wildman–Crippen MR) is 277 cm³/mol. The number of rotatable bonds is 48. The van der Waals surface area contributed by atoms with Gasteiger partial charge in [0.2, 0.25) is 5.91 Å². The molecule has 0 saturated heterocycles. The Morgan fingerprint density at radius 3 is 1.46 bits per heavy atom. The first kappa shape index (κ1) is 63.0. The van der Waals surface area contributed by atoms with Crippen molar-refractivity contribution in [3.05, 3.63) is 48.6 Å². The summed E-state index contributed by atoms with van der Waals surface area (Å²) in [5, 5.41) is 3.04. The van der Waals surface area contributed by atoms with E-state index in [4.69, 9.17) is 13.8 Å². The third kappa shape index (κ3) is 46.9. The fourth-order valence-electron chi connectivity index (χ4n) is 7.65. The standard InChI is InChI=1S/C55H103N2O7P/c1-7-10-13-16-19-22-25-28-30-32-35-38-41-44-47-54(58)56-52(51-63-65(60,61)62-50-49-57(4,5)6)53(46-43-40-37-34-31-27-24-21-18-15-12-9-3)64-55(59)48-45-42-39-36-33-29-26-23-20-17-14-11-8-2/h11,14,17,20,23,26,43,46,52-53H,7-10,12-13,15-16,18-19,21-22,24-25,27-42,44-45,47-51H2,1-6H3,(H-,56,58,60,61)/p+1/b14-11+,20-17+,26-23-,46-43+.